The van der Waals surface area contributed by atoms with E-state index >= 15 is 0 Å². The van der Waals surface area contributed by atoms with Gasteiger partial charge in [-0.3, -0.25) is 4.79 Å². The van der Waals surface area contributed by atoms with Crippen molar-refractivity contribution in [2.75, 3.05) is 13.2 Å². The highest BCUT2D eigenvalue weighted by Crippen LogP contribution is 2.49. The standard InChI is InChI=1S/C17H19ClN2O2S/c1-8-12-13(10-3-4-10)15(16(21)20-11-5-6-22-7-11)23-17(12)19-9(2)14(8)18/h10-11H,3-7H2,1-2H3,(H,20,21). The summed E-state index contributed by atoms with van der Waals surface area (Å²) >= 11 is 7.90. The Hall–Kier alpha value is -1.17. The quantitative estimate of drug-likeness (QED) is 0.911. The Labute approximate surface area is 144 Å². The molecule has 1 amide bonds. The van der Waals surface area contributed by atoms with Gasteiger partial charge in [0.2, 0.25) is 0 Å². The summed E-state index contributed by atoms with van der Waals surface area (Å²) in [7, 11) is 0. The number of thiophene rings is 1. The third-order valence-electron chi connectivity index (χ3n) is 4.67. The molecule has 2 aliphatic rings. The first-order valence-electron chi connectivity index (χ1n) is 8.04. The van der Waals surface area contributed by atoms with E-state index in [9.17, 15) is 4.79 Å². The lowest BCUT2D eigenvalue weighted by atomic mass is 10.0. The molecule has 0 bridgehead atoms. The van der Waals surface area contributed by atoms with E-state index in [2.05, 4.69) is 10.3 Å². The molecule has 2 fully saturated rings. The fourth-order valence-corrected chi connectivity index (χ4v) is 4.69. The highest BCUT2D eigenvalue weighted by atomic mass is 35.5. The van der Waals surface area contributed by atoms with E-state index in [0.717, 1.165) is 57.8 Å². The molecule has 3 heterocycles. The molecule has 1 N–H and O–H groups in total. The number of rotatable bonds is 3. The Balaban J connectivity index is 1.81. The van der Waals surface area contributed by atoms with Gasteiger partial charge in [-0.15, -0.1) is 11.3 Å². The van der Waals surface area contributed by atoms with Crippen molar-refractivity contribution >= 4 is 39.1 Å². The third kappa shape index (κ3) is 2.65. The van der Waals surface area contributed by atoms with Crippen LogP contribution in [0.15, 0.2) is 0 Å². The van der Waals surface area contributed by atoms with Gasteiger partial charge in [-0.25, -0.2) is 4.98 Å². The predicted octanol–water partition coefficient (Wildman–Crippen LogP) is 3.96. The van der Waals surface area contributed by atoms with Crippen LogP contribution in [-0.4, -0.2) is 30.1 Å². The van der Waals surface area contributed by atoms with E-state index in [-0.39, 0.29) is 11.9 Å². The largest absolute Gasteiger partial charge is 0.379 e. The predicted molar refractivity (Wildman–Crippen MR) is 92.8 cm³/mol. The van der Waals surface area contributed by atoms with Gasteiger partial charge in [0.1, 0.15) is 4.83 Å². The van der Waals surface area contributed by atoms with Crippen molar-refractivity contribution < 1.29 is 9.53 Å². The van der Waals surface area contributed by atoms with E-state index in [4.69, 9.17) is 16.3 Å². The van der Waals surface area contributed by atoms with Gasteiger partial charge in [0.05, 0.1) is 28.2 Å². The Morgan fingerprint density at radius 1 is 1.35 bits per heavy atom. The number of nitrogens with one attached hydrogen (secondary N) is 1. The first-order valence-corrected chi connectivity index (χ1v) is 9.23. The van der Waals surface area contributed by atoms with Crippen LogP contribution in [0.3, 0.4) is 0 Å². The smallest absolute Gasteiger partial charge is 0.262 e. The monoisotopic (exact) mass is 350 g/mol. The van der Waals surface area contributed by atoms with Gasteiger partial charge in [0, 0.05) is 12.0 Å². The van der Waals surface area contributed by atoms with Crippen LogP contribution < -0.4 is 5.32 Å². The van der Waals surface area contributed by atoms with Crippen LogP contribution in [0.25, 0.3) is 10.2 Å². The van der Waals surface area contributed by atoms with E-state index in [1.54, 1.807) is 0 Å². The summed E-state index contributed by atoms with van der Waals surface area (Å²) in [6, 6.07) is 0.124. The summed E-state index contributed by atoms with van der Waals surface area (Å²) in [5, 5.41) is 4.93. The number of aryl methyl sites for hydroxylation is 2. The molecule has 4 rings (SSSR count). The van der Waals surface area contributed by atoms with Crippen LogP contribution in [-0.2, 0) is 4.74 Å². The van der Waals surface area contributed by atoms with Crippen LogP contribution >= 0.6 is 22.9 Å². The molecule has 6 heteroatoms. The van der Waals surface area contributed by atoms with E-state index in [0.29, 0.717) is 17.5 Å². The molecule has 122 valence electrons. The molecule has 1 saturated carbocycles. The molecular weight excluding hydrogens is 332 g/mol. The van der Waals surface area contributed by atoms with Gasteiger partial charge in [0.15, 0.2) is 0 Å². The van der Waals surface area contributed by atoms with Crippen molar-refractivity contribution in [3.63, 3.8) is 0 Å². The normalized spacial score (nSPS) is 21.1. The second kappa shape index (κ2) is 5.72. The van der Waals surface area contributed by atoms with Gasteiger partial charge in [-0.05, 0) is 50.2 Å². The van der Waals surface area contributed by atoms with E-state index in [1.165, 1.54) is 11.3 Å². The fourth-order valence-electron chi connectivity index (χ4n) is 3.28. The fraction of sp³-hybridized carbons (Fsp3) is 0.529. The van der Waals surface area contributed by atoms with Crippen LogP contribution in [0.2, 0.25) is 5.02 Å². The summed E-state index contributed by atoms with van der Waals surface area (Å²) in [4.78, 5) is 19.2. The maximum absolute atomic E-state index is 12.8. The maximum atomic E-state index is 12.8. The molecule has 23 heavy (non-hydrogen) atoms. The van der Waals surface area contributed by atoms with Crippen molar-refractivity contribution in [3.8, 4) is 0 Å². The number of nitrogens with zero attached hydrogens (tertiary/aromatic N) is 1. The number of ether oxygens (including phenoxy) is 1. The summed E-state index contributed by atoms with van der Waals surface area (Å²) in [6.45, 7) is 5.28. The SMILES string of the molecule is Cc1nc2sc(C(=O)NC3CCOC3)c(C3CC3)c2c(C)c1Cl. The highest BCUT2D eigenvalue weighted by molar-refractivity contribution is 7.20. The highest BCUT2D eigenvalue weighted by Gasteiger charge is 2.34. The van der Waals surface area contributed by atoms with Crippen LogP contribution in [0.5, 0.6) is 0 Å². The maximum Gasteiger partial charge on any atom is 0.262 e. The molecule has 1 aliphatic heterocycles. The topological polar surface area (TPSA) is 51.2 Å². The van der Waals surface area contributed by atoms with Gasteiger partial charge in [-0.1, -0.05) is 11.6 Å². The van der Waals surface area contributed by atoms with Crippen molar-refractivity contribution in [1.29, 1.82) is 0 Å². The molecule has 1 aliphatic carbocycles. The number of pyridine rings is 1. The second-order valence-corrected chi connectivity index (χ2v) is 7.85. The molecule has 0 radical (unpaired) electrons. The molecule has 1 unspecified atom stereocenters. The molecule has 1 saturated heterocycles. The Morgan fingerprint density at radius 3 is 2.78 bits per heavy atom. The summed E-state index contributed by atoms with van der Waals surface area (Å²) < 4.78 is 5.35. The minimum Gasteiger partial charge on any atom is -0.379 e. The van der Waals surface area contributed by atoms with Crippen molar-refractivity contribution in [1.82, 2.24) is 10.3 Å². The Bertz CT molecular complexity index is 792. The Kier molecular flexibility index (Phi) is 3.82. The van der Waals surface area contributed by atoms with Gasteiger partial charge < -0.3 is 10.1 Å². The molecular formula is C17H19ClN2O2S. The summed E-state index contributed by atoms with van der Waals surface area (Å²) in [5.41, 5.74) is 3.04. The number of fused-ring (bicyclic) bond motifs is 1. The minimum atomic E-state index is 0.0126. The van der Waals surface area contributed by atoms with Crippen LogP contribution in [0.1, 0.15) is 51.7 Å². The van der Waals surface area contributed by atoms with Crippen LogP contribution in [0.4, 0.5) is 0 Å². The number of carbonyl (C=O) groups is 1. The summed E-state index contributed by atoms with van der Waals surface area (Å²) in [5.74, 6) is 0.488. The lowest BCUT2D eigenvalue weighted by molar-refractivity contribution is 0.0933. The second-order valence-electron chi connectivity index (χ2n) is 6.47. The number of hydrogen-bond donors (Lipinski definition) is 1. The lowest BCUT2D eigenvalue weighted by Crippen LogP contribution is -2.34. The average Bonchev–Trinajstić information content (AvgIpc) is 3.09. The number of carbonyl (C=O) groups excluding carboxylic acids is 1. The van der Waals surface area contributed by atoms with Crippen molar-refractivity contribution in [3.05, 3.63) is 26.7 Å². The van der Waals surface area contributed by atoms with Gasteiger partial charge in [0.25, 0.3) is 5.91 Å². The van der Waals surface area contributed by atoms with E-state index < -0.39 is 0 Å². The number of hydrogen-bond acceptors (Lipinski definition) is 4. The summed E-state index contributed by atoms with van der Waals surface area (Å²) in [6.07, 6.45) is 3.17. The molecule has 1 atom stereocenters. The molecule has 4 nitrogen and oxygen atoms in total. The number of amides is 1. The van der Waals surface area contributed by atoms with Crippen LogP contribution in [0, 0.1) is 13.8 Å². The molecule has 0 spiro atoms. The zero-order chi connectivity index (χ0) is 16.1. The van der Waals surface area contributed by atoms with Gasteiger partial charge >= 0.3 is 0 Å². The zero-order valence-corrected chi connectivity index (χ0v) is 14.8. The minimum absolute atomic E-state index is 0.0126. The van der Waals surface area contributed by atoms with Crippen molar-refractivity contribution in [2.45, 2.75) is 45.1 Å². The van der Waals surface area contributed by atoms with Crippen molar-refractivity contribution in [2.24, 2.45) is 0 Å². The number of halogens is 1. The lowest BCUT2D eigenvalue weighted by Gasteiger charge is -2.11. The first-order chi connectivity index (χ1) is 11.1. The molecule has 2 aromatic heterocycles. The third-order valence-corrected chi connectivity index (χ3v) is 6.33. The van der Waals surface area contributed by atoms with Gasteiger partial charge in [-0.2, -0.15) is 0 Å². The van der Waals surface area contributed by atoms with E-state index in [1.807, 2.05) is 13.8 Å². The number of aromatic nitrogens is 1. The average molecular weight is 351 g/mol. The molecule has 0 aromatic carbocycles. The molecule has 2 aromatic rings. The zero-order valence-electron chi connectivity index (χ0n) is 13.2. The Morgan fingerprint density at radius 2 is 2.13 bits per heavy atom. The first kappa shape index (κ1) is 15.4.